The number of aryl methyl sites for hydroxylation is 2. The number of aromatic nitrogens is 4. The minimum atomic E-state index is -1.15. The van der Waals surface area contributed by atoms with Gasteiger partial charge in [0.15, 0.2) is 0 Å². The molecule has 2 fully saturated rings. The fraction of sp³-hybridized carbons (Fsp3) is 0.652. The van der Waals surface area contributed by atoms with Crippen LogP contribution in [-0.4, -0.2) is 62.0 Å². The topological polar surface area (TPSA) is 103 Å². The van der Waals surface area contributed by atoms with Gasteiger partial charge in [-0.05, 0) is 39.2 Å². The molecule has 2 atom stereocenters. The average molecular weight is 444 g/mol. The van der Waals surface area contributed by atoms with E-state index in [1.807, 2.05) is 31.7 Å². The Morgan fingerprint density at radius 2 is 1.88 bits per heavy atom. The molecule has 1 saturated heterocycles. The van der Waals surface area contributed by atoms with Crippen LogP contribution in [0, 0.1) is 11.8 Å². The zero-order chi connectivity index (χ0) is 22.9. The van der Waals surface area contributed by atoms with Crippen LogP contribution in [0.2, 0.25) is 0 Å². The third-order valence-electron chi connectivity index (χ3n) is 6.75. The molecule has 9 heteroatoms. The summed E-state index contributed by atoms with van der Waals surface area (Å²) in [5.74, 6) is 0.0770. The number of aliphatic hydroxyl groups is 1. The van der Waals surface area contributed by atoms with Crippen molar-refractivity contribution < 1.29 is 19.4 Å². The second-order valence-corrected chi connectivity index (χ2v) is 8.60. The minimum Gasteiger partial charge on any atom is -0.478 e. The van der Waals surface area contributed by atoms with Crippen LogP contribution in [0.25, 0.3) is 0 Å². The second-order valence-electron chi connectivity index (χ2n) is 8.60. The van der Waals surface area contributed by atoms with Gasteiger partial charge in [0.2, 0.25) is 5.88 Å². The zero-order valence-electron chi connectivity index (χ0n) is 19.4. The Labute approximate surface area is 188 Å². The van der Waals surface area contributed by atoms with E-state index in [0.29, 0.717) is 43.4 Å². The zero-order valence-corrected chi connectivity index (χ0v) is 19.4. The lowest BCUT2D eigenvalue weighted by Gasteiger charge is -2.53. The Bertz CT molecular complexity index is 961. The smallest absolute Gasteiger partial charge is 0.319 e. The lowest BCUT2D eigenvalue weighted by atomic mass is 9.63. The summed E-state index contributed by atoms with van der Waals surface area (Å²) in [5, 5.41) is 16.5. The van der Waals surface area contributed by atoms with Gasteiger partial charge in [-0.2, -0.15) is 10.1 Å². The number of nitrogens with zero attached hydrogens (tertiary/aromatic N) is 5. The standard InChI is InChI=1S/C23H33N5O4/c1-5-17-11-19(27(4)26-17)21(29)28-13-15-9-8-10-16(14-28)23(15,30)18-12-24-22(32-7-3)25-20(18)31-6-2/h11-12,15-16,30H,5-10,13-14H2,1-4H3. The molecular formula is C23H33N5O4. The Balaban J connectivity index is 1.65. The van der Waals surface area contributed by atoms with Crippen molar-refractivity contribution in [2.75, 3.05) is 26.3 Å². The first-order chi connectivity index (χ1) is 15.4. The fourth-order valence-electron chi connectivity index (χ4n) is 5.19. The minimum absolute atomic E-state index is 0.0355. The number of ether oxygens (including phenoxy) is 2. The molecule has 2 unspecified atom stereocenters. The van der Waals surface area contributed by atoms with Crippen LogP contribution in [0.1, 0.15) is 61.8 Å². The van der Waals surface area contributed by atoms with Crippen LogP contribution < -0.4 is 9.47 Å². The highest BCUT2D eigenvalue weighted by molar-refractivity contribution is 5.92. The Morgan fingerprint density at radius 1 is 1.19 bits per heavy atom. The summed E-state index contributed by atoms with van der Waals surface area (Å²) in [7, 11) is 1.80. The van der Waals surface area contributed by atoms with Gasteiger partial charge in [-0.3, -0.25) is 9.48 Å². The Kier molecular flexibility index (Phi) is 6.37. The molecule has 0 spiro atoms. The quantitative estimate of drug-likeness (QED) is 0.701. The third-order valence-corrected chi connectivity index (χ3v) is 6.75. The molecule has 174 valence electrons. The van der Waals surface area contributed by atoms with Crippen LogP contribution >= 0.6 is 0 Å². The lowest BCUT2D eigenvalue weighted by Crippen LogP contribution is -2.59. The van der Waals surface area contributed by atoms with Crippen LogP contribution in [0.3, 0.4) is 0 Å². The summed E-state index contributed by atoms with van der Waals surface area (Å²) in [6.07, 6.45) is 5.08. The van der Waals surface area contributed by atoms with E-state index in [1.165, 1.54) is 0 Å². The predicted octanol–water partition coefficient (Wildman–Crippen LogP) is 2.33. The highest BCUT2D eigenvalue weighted by atomic mass is 16.5. The van der Waals surface area contributed by atoms with Gasteiger partial charge in [0.05, 0.1) is 24.5 Å². The van der Waals surface area contributed by atoms with E-state index in [4.69, 9.17) is 9.47 Å². The molecule has 1 N–H and O–H groups in total. The van der Waals surface area contributed by atoms with Crippen molar-refractivity contribution in [2.45, 2.75) is 52.1 Å². The molecule has 1 amide bonds. The van der Waals surface area contributed by atoms with E-state index in [-0.39, 0.29) is 23.8 Å². The first kappa shape index (κ1) is 22.5. The van der Waals surface area contributed by atoms with Gasteiger partial charge in [0.25, 0.3) is 5.91 Å². The summed E-state index contributed by atoms with van der Waals surface area (Å²) in [4.78, 5) is 23.9. The summed E-state index contributed by atoms with van der Waals surface area (Å²) >= 11 is 0. The number of carbonyl (C=O) groups excluding carboxylic acids is 1. The maximum atomic E-state index is 13.3. The van der Waals surface area contributed by atoms with Crippen molar-refractivity contribution in [1.82, 2.24) is 24.6 Å². The van der Waals surface area contributed by atoms with Crippen molar-refractivity contribution in [2.24, 2.45) is 18.9 Å². The molecule has 1 aliphatic carbocycles. The van der Waals surface area contributed by atoms with Gasteiger partial charge in [0.1, 0.15) is 11.3 Å². The molecule has 2 aliphatic rings. The summed E-state index contributed by atoms with van der Waals surface area (Å²) in [5.41, 5.74) is 0.936. The van der Waals surface area contributed by atoms with Crippen LogP contribution in [0.15, 0.2) is 12.3 Å². The van der Waals surface area contributed by atoms with E-state index in [9.17, 15) is 9.90 Å². The first-order valence-electron chi connectivity index (χ1n) is 11.6. The predicted molar refractivity (Wildman–Crippen MR) is 118 cm³/mol. The fourth-order valence-corrected chi connectivity index (χ4v) is 5.19. The molecule has 9 nitrogen and oxygen atoms in total. The molecule has 0 aromatic carbocycles. The van der Waals surface area contributed by atoms with Gasteiger partial charge in [-0.25, -0.2) is 4.98 Å². The highest BCUT2D eigenvalue weighted by Crippen LogP contribution is 2.51. The number of fused-ring (bicyclic) bond motifs is 2. The summed E-state index contributed by atoms with van der Waals surface area (Å²) < 4.78 is 12.9. The summed E-state index contributed by atoms with van der Waals surface area (Å²) in [6.45, 7) is 7.59. The molecule has 3 heterocycles. The number of likely N-dealkylation sites (tertiary alicyclic amines) is 1. The highest BCUT2D eigenvalue weighted by Gasteiger charge is 2.54. The van der Waals surface area contributed by atoms with E-state index in [1.54, 1.807) is 17.9 Å². The molecule has 32 heavy (non-hydrogen) atoms. The number of piperidine rings is 1. The molecule has 2 aromatic heterocycles. The molecule has 4 rings (SSSR count). The number of hydrogen-bond acceptors (Lipinski definition) is 7. The van der Waals surface area contributed by atoms with E-state index >= 15 is 0 Å². The normalized spacial score (nSPS) is 25.0. The van der Waals surface area contributed by atoms with Crippen LogP contribution in [0.5, 0.6) is 11.9 Å². The van der Waals surface area contributed by atoms with Gasteiger partial charge in [-0.1, -0.05) is 13.3 Å². The van der Waals surface area contributed by atoms with Crippen LogP contribution in [0.4, 0.5) is 0 Å². The molecule has 2 aromatic rings. The number of carbonyl (C=O) groups is 1. The maximum Gasteiger partial charge on any atom is 0.319 e. The molecular weight excluding hydrogens is 410 g/mol. The van der Waals surface area contributed by atoms with Crippen LogP contribution in [-0.2, 0) is 19.1 Å². The van der Waals surface area contributed by atoms with Crippen molar-refractivity contribution in [3.8, 4) is 11.9 Å². The summed E-state index contributed by atoms with van der Waals surface area (Å²) in [6, 6.07) is 2.11. The van der Waals surface area contributed by atoms with Gasteiger partial charge >= 0.3 is 6.01 Å². The number of hydrogen-bond donors (Lipinski definition) is 1. The SMILES string of the molecule is CCOc1ncc(C2(O)C3CCCC2CN(C(=O)c2cc(CC)nn2C)C3)c(OCC)n1. The van der Waals surface area contributed by atoms with E-state index < -0.39 is 5.60 Å². The van der Waals surface area contributed by atoms with Gasteiger partial charge in [0, 0.05) is 38.2 Å². The lowest BCUT2D eigenvalue weighted by molar-refractivity contribution is -0.141. The average Bonchev–Trinajstić information content (AvgIpc) is 3.14. The molecule has 1 aliphatic heterocycles. The number of amides is 1. The Hall–Kier alpha value is -2.68. The molecule has 0 radical (unpaired) electrons. The molecule has 1 saturated carbocycles. The van der Waals surface area contributed by atoms with Crippen molar-refractivity contribution in [1.29, 1.82) is 0 Å². The van der Waals surface area contributed by atoms with Crippen molar-refractivity contribution >= 4 is 5.91 Å². The molecule has 2 bridgehead atoms. The second kappa shape index (κ2) is 9.05. The maximum absolute atomic E-state index is 13.3. The largest absolute Gasteiger partial charge is 0.478 e. The number of rotatable bonds is 7. The third kappa shape index (κ3) is 3.83. The van der Waals surface area contributed by atoms with E-state index in [2.05, 4.69) is 15.1 Å². The monoisotopic (exact) mass is 443 g/mol. The van der Waals surface area contributed by atoms with Gasteiger partial charge in [-0.15, -0.1) is 0 Å². The van der Waals surface area contributed by atoms with Crippen molar-refractivity contribution in [3.63, 3.8) is 0 Å². The van der Waals surface area contributed by atoms with Crippen molar-refractivity contribution in [3.05, 3.63) is 29.2 Å². The first-order valence-corrected chi connectivity index (χ1v) is 11.6. The van der Waals surface area contributed by atoms with Gasteiger partial charge < -0.3 is 19.5 Å². The van der Waals surface area contributed by atoms with E-state index in [0.717, 1.165) is 31.4 Å². The Morgan fingerprint density at radius 3 is 2.47 bits per heavy atom.